The highest BCUT2D eigenvalue weighted by molar-refractivity contribution is 5.85. The topological polar surface area (TPSA) is 70.8 Å². The lowest BCUT2D eigenvalue weighted by Crippen LogP contribution is -2.22. The van der Waals surface area contributed by atoms with Crippen LogP contribution in [0.15, 0.2) is 18.2 Å². The summed E-state index contributed by atoms with van der Waals surface area (Å²) >= 11 is 0. The lowest BCUT2D eigenvalue weighted by atomic mass is 10.1. The molecule has 18 heavy (non-hydrogen) atoms. The van der Waals surface area contributed by atoms with Gasteiger partial charge in [0, 0.05) is 0 Å². The summed E-state index contributed by atoms with van der Waals surface area (Å²) in [6.45, 7) is 2.37. The van der Waals surface area contributed by atoms with E-state index < -0.39 is 12.0 Å². The monoisotopic (exact) mass is 275 g/mol. The minimum Gasteiger partial charge on any atom is -0.493 e. The second kappa shape index (κ2) is 7.79. The maximum Gasteiger partial charge on any atom is 0.327 e. The van der Waals surface area contributed by atoms with Crippen LogP contribution in [0.5, 0.6) is 11.5 Å². The molecule has 0 spiro atoms. The van der Waals surface area contributed by atoms with E-state index in [1.165, 1.54) is 7.11 Å². The Morgan fingerprint density at radius 1 is 1.33 bits per heavy atom. The second-order valence-corrected chi connectivity index (χ2v) is 3.34. The van der Waals surface area contributed by atoms with Gasteiger partial charge in [-0.25, -0.2) is 0 Å². The Hall–Kier alpha value is -1.46. The number of ether oxygens (including phenoxy) is 3. The zero-order chi connectivity index (χ0) is 12.8. The number of nitrogens with two attached hydrogens (primary N) is 1. The van der Waals surface area contributed by atoms with Crippen LogP contribution in [-0.2, 0) is 9.53 Å². The molecule has 102 valence electrons. The van der Waals surface area contributed by atoms with Crippen LogP contribution in [-0.4, -0.2) is 26.8 Å². The molecule has 5 nitrogen and oxygen atoms in total. The molecule has 1 aromatic rings. The van der Waals surface area contributed by atoms with E-state index in [-0.39, 0.29) is 12.4 Å². The van der Waals surface area contributed by atoms with Crippen LogP contribution in [0, 0.1) is 0 Å². The van der Waals surface area contributed by atoms with Crippen LogP contribution in [0.3, 0.4) is 0 Å². The van der Waals surface area contributed by atoms with Gasteiger partial charge in [-0.15, -0.1) is 12.4 Å². The molecule has 0 saturated heterocycles. The van der Waals surface area contributed by atoms with Gasteiger partial charge in [-0.05, 0) is 24.6 Å². The molecule has 0 amide bonds. The van der Waals surface area contributed by atoms with Gasteiger partial charge in [0.25, 0.3) is 0 Å². The van der Waals surface area contributed by atoms with Crippen molar-refractivity contribution in [3.05, 3.63) is 23.8 Å². The summed E-state index contributed by atoms with van der Waals surface area (Å²) in [5.74, 6) is 0.678. The van der Waals surface area contributed by atoms with Gasteiger partial charge in [0.05, 0.1) is 20.8 Å². The van der Waals surface area contributed by atoms with Gasteiger partial charge in [-0.2, -0.15) is 0 Å². The molecule has 0 aliphatic rings. The molecule has 0 unspecified atom stereocenters. The molecule has 6 heteroatoms. The first kappa shape index (κ1) is 16.5. The first-order valence-corrected chi connectivity index (χ1v) is 5.28. The quantitative estimate of drug-likeness (QED) is 0.828. The fourth-order valence-corrected chi connectivity index (χ4v) is 1.42. The Labute approximate surface area is 113 Å². The predicted molar refractivity (Wildman–Crippen MR) is 70.4 cm³/mol. The van der Waals surface area contributed by atoms with Crippen molar-refractivity contribution < 1.29 is 19.0 Å². The van der Waals surface area contributed by atoms with E-state index in [1.54, 1.807) is 25.3 Å². The normalized spacial score (nSPS) is 11.1. The number of hydrogen-bond donors (Lipinski definition) is 1. The zero-order valence-corrected chi connectivity index (χ0v) is 11.5. The molecule has 0 aliphatic carbocycles. The summed E-state index contributed by atoms with van der Waals surface area (Å²) < 4.78 is 15.1. The summed E-state index contributed by atoms with van der Waals surface area (Å²) in [4.78, 5) is 11.3. The molecule has 2 N–H and O–H groups in total. The van der Waals surface area contributed by atoms with Crippen LogP contribution in [0.1, 0.15) is 18.5 Å². The fourth-order valence-electron chi connectivity index (χ4n) is 1.42. The smallest absolute Gasteiger partial charge is 0.327 e. The number of carbonyl (C=O) groups is 1. The van der Waals surface area contributed by atoms with E-state index in [2.05, 4.69) is 4.74 Å². The van der Waals surface area contributed by atoms with Gasteiger partial charge in [-0.3, -0.25) is 4.79 Å². The Morgan fingerprint density at radius 3 is 2.50 bits per heavy atom. The summed E-state index contributed by atoms with van der Waals surface area (Å²) in [7, 11) is 2.85. The van der Waals surface area contributed by atoms with Gasteiger partial charge >= 0.3 is 5.97 Å². The molecule has 1 aromatic carbocycles. The van der Waals surface area contributed by atoms with Crippen LogP contribution in [0.2, 0.25) is 0 Å². The van der Waals surface area contributed by atoms with E-state index in [1.807, 2.05) is 6.92 Å². The third-order valence-corrected chi connectivity index (χ3v) is 2.30. The van der Waals surface area contributed by atoms with E-state index in [0.29, 0.717) is 23.7 Å². The Bertz CT molecular complexity index is 398. The third-order valence-electron chi connectivity index (χ3n) is 2.30. The molecule has 0 radical (unpaired) electrons. The molecule has 0 aromatic heterocycles. The highest BCUT2D eigenvalue weighted by Gasteiger charge is 2.18. The molecule has 1 rings (SSSR count). The summed E-state index contributed by atoms with van der Waals surface area (Å²) in [5.41, 5.74) is 6.36. The maximum absolute atomic E-state index is 11.3. The van der Waals surface area contributed by atoms with Gasteiger partial charge in [0.15, 0.2) is 11.5 Å². The Morgan fingerprint density at radius 2 is 2.00 bits per heavy atom. The van der Waals surface area contributed by atoms with E-state index in [0.717, 1.165) is 0 Å². The van der Waals surface area contributed by atoms with Crippen molar-refractivity contribution in [1.29, 1.82) is 0 Å². The lowest BCUT2D eigenvalue weighted by Gasteiger charge is -2.14. The second-order valence-electron chi connectivity index (χ2n) is 3.34. The number of benzene rings is 1. The SMILES string of the molecule is CCOc1cc([C@H](N)C(=O)OC)ccc1OC.Cl. The van der Waals surface area contributed by atoms with E-state index >= 15 is 0 Å². The fraction of sp³-hybridized carbons (Fsp3) is 0.417. The van der Waals surface area contributed by atoms with Crippen LogP contribution in [0.4, 0.5) is 0 Å². The predicted octanol–water partition coefficient (Wildman–Crippen LogP) is 1.69. The van der Waals surface area contributed by atoms with Gasteiger partial charge in [0.2, 0.25) is 0 Å². The number of methoxy groups -OCH3 is 2. The number of halogens is 1. The van der Waals surface area contributed by atoms with Crippen molar-refractivity contribution in [2.45, 2.75) is 13.0 Å². The van der Waals surface area contributed by atoms with Crippen molar-refractivity contribution in [2.75, 3.05) is 20.8 Å². The molecular weight excluding hydrogens is 258 g/mol. The Balaban J connectivity index is 0.00000289. The lowest BCUT2D eigenvalue weighted by molar-refractivity contribution is -0.142. The van der Waals surface area contributed by atoms with Crippen molar-refractivity contribution in [2.24, 2.45) is 5.73 Å². The van der Waals surface area contributed by atoms with Crippen molar-refractivity contribution in [1.82, 2.24) is 0 Å². The number of carbonyl (C=O) groups excluding carboxylic acids is 1. The zero-order valence-electron chi connectivity index (χ0n) is 10.6. The van der Waals surface area contributed by atoms with Crippen LogP contribution in [0.25, 0.3) is 0 Å². The van der Waals surface area contributed by atoms with Gasteiger partial charge in [0.1, 0.15) is 6.04 Å². The average Bonchev–Trinajstić information content (AvgIpc) is 2.37. The van der Waals surface area contributed by atoms with Crippen molar-refractivity contribution in [3.63, 3.8) is 0 Å². The molecule has 0 heterocycles. The minimum atomic E-state index is -0.815. The molecule has 0 saturated carbocycles. The summed E-state index contributed by atoms with van der Waals surface area (Å²) in [5, 5.41) is 0. The number of esters is 1. The summed E-state index contributed by atoms with van der Waals surface area (Å²) in [6, 6.07) is 4.29. The largest absolute Gasteiger partial charge is 0.493 e. The summed E-state index contributed by atoms with van der Waals surface area (Å²) in [6.07, 6.45) is 0. The molecular formula is C12H18ClNO4. The Kier molecular flexibility index (Phi) is 7.16. The van der Waals surface area contributed by atoms with Crippen molar-refractivity contribution in [3.8, 4) is 11.5 Å². The van der Waals surface area contributed by atoms with E-state index in [9.17, 15) is 4.79 Å². The first-order chi connectivity index (χ1) is 8.13. The van der Waals surface area contributed by atoms with Gasteiger partial charge in [-0.1, -0.05) is 6.07 Å². The molecule has 0 fully saturated rings. The highest BCUT2D eigenvalue weighted by atomic mass is 35.5. The molecule has 0 aliphatic heterocycles. The standard InChI is InChI=1S/C12H17NO4.ClH/c1-4-17-10-7-8(5-6-9(10)15-2)11(13)12(14)16-3;/h5-7,11H,4,13H2,1-3H3;1H/t11-;/m0./s1. The van der Waals surface area contributed by atoms with E-state index in [4.69, 9.17) is 15.2 Å². The average molecular weight is 276 g/mol. The third kappa shape index (κ3) is 3.78. The minimum absolute atomic E-state index is 0. The van der Waals surface area contributed by atoms with Crippen LogP contribution < -0.4 is 15.2 Å². The molecule has 0 bridgehead atoms. The number of hydrogen-bond acceptors (Lipinski definition) is 5. The highest BCUT2D eigenvalue weighted by Crippen LogP contribution is 2.30. The first-order valence-electron chi connectivity index (χ1n) is 5.28. The molecule has 1 atom stereocenters. The van der Waals surface area contributed by atoms with Crippen molar-refractivity contribution >= 4 is 18.4 Å². The van der Waals surface area contributed by atoms with Crippen LogP contribution >= 0.6 is 12.4 Å². The maximum atomic E-state index is 11.3. The van der Waals surface area contributed by atoms with Gasteiger partial charge < -0.3 is 19.9 Å². The number of rotatable bonds is 5.